The molecular formula is C13H23NO2. The molecule has 1 saturated heterocycles. The zero-order valence-electron chi connectivity index (χ0n) is 10.7. The van der Waals surface area contributed by atoms with Gasteiger partial charge in [-0.05, 0) is 19.9 Å². The lowest BCUT2D eigenvalue weighted by Gasteiger charge is -2.58. The van der Waals surface area contributed by atoms with E-state index >= 15 is 0 Å². The van der Waals surface area contributed by atoms with Crippen molar-refractivity contribution in [2.45, 2.75) is 39.2 Å². The van der Waals surface area contributed by atoms with Gasteiger partial charge in [0.1, 0.15) is 5.78 Å². The lowest BCUT2D eigenvalue weighted by Crippen LogP contribution is -2.62. The van der Waals surface area contributed by atoms with Crippen LogP contribution in [0.3, 0.4) is 0 Å². The van der Waals surface area contributed by atoms with E-state index in [2.05, 4.69) is 11.9 Å². The van der Waals surface area contributed by atoms with E-state index in [-0.39, 0.29) is 5.92 Å². The molecule has 1 aliphatic carbocycles. The number of ether oxygens (including phenoxy) is 1. The minimum absolute atomic E-state index is 0.150. The van der Waals surface area contributed by atoms with Crippen molar-refractivity contribution >= 4 is 5.78 Å². The van der Waals surface area contributed by atoms with Crippen molar-refractivity contribution in [1.82, 2.24) is 4.90 Å². The van der Waals surface area contributed by atoms with Crippen molar-refractivity contribution in [2.75, 3.05) is 26.7 Å². The van der Waals surface area contributed by atoms with Crippen LogP contribution in [0.4, 0.5) is 0 Å². The molecule has 0 aromatic rings. The van der Waals surface area contributed by atoms with E-state index in [1.807, 2.05) is 13.8 Å². The van der Waals surface area contributed by atoms with Crippen molar-refractivity contribution in [1.29, 1.82) is 0 Å². The third-order valence-electron chi connectivity index (χ3n) is 3.88. The average Bonchev–Trinajstić information content (AvgIpc) is 2.11. The molecular weight excluding hydrogens is 202 g/mol. The molecule has 1 spiro atoms. The van der Waals surface area contributed by atoms with Crippen LogP contribution in [0.2, 0.25) is 0 Å². The van der Waals surface area contributed by atoms with Crippen molar-refractivity contribution in [3.8, 4) is 0 Å². The van der Waals surface area contributed by atoms with E-state index in [0.29, 0.717) is 30.3 Å². The molecule has 0 bridgehead atoms. The smallest absolute Gasteiger partial charge is 0.137 e. The van der Waals surface area contributed by atoms with E-state index in [4.69, 9.17) is 4.74 Å². The van der Waals surface area contributed by atoms with Gasteiger partial charge >= 0.3 is 0 Å². The second-order valence-corrected chi connectivity index (χ2v) is 5.94. The summed E-state index contributed by atoms with van der Waals surface area (Å²) >= 11 is 0. The number of rotatable bonds is 5. The summed E-state index contributed by atoms with van der Waals surface area (Å²) in [5.41, 5.74) is 0.585. The van der Waals surface area contributed by atoms with Crippen LogP contribution in [0, 0.1) is 11.3 Å². The Bertz CT molecular complexity index is 261. The summed E-state index contributed by atoms with van der Waals surface area (Å²) in [5.74, 6) is 0.467. The zero-order valence-corrected chi connectivity index (χ0v) is 10.7. The Hall–Kier alpha value is -0.410. The average molecular weight is 225 g/mol. The molecule has 3 nitrogen and oxygen atoms in total. The highest BCUT2D eigenvalue weighted by atomic mass is 16.5. The summed E-state index contributed by atoms with van der Waals surface area (Å²) < 4.78 is 5.73. The number of ketones is 1. The number of likely N-dealkylation sites (tertiary alicyclic amines) is 1. The van der Waals surface area contributed by atoms with Gasteiger partial charge in [-0.25, -0.2) is 0 Å². The maximum atomic E-state index is 11.4. The first-order valence-electron chi connectivity index (χ1n) is 6.34. The third kappa shape index (κ3) is 2.46. The number of carbonyl (C=O) groups is 1. The van der Waals surface area contributed by atoms with E-state index in [9.17, 15) is 4.79 Å². The van der Waals surface area contributed by atoms with E-state index < -0.39 is 0 Å². The lowest BCUT2D eigenvalue weighted by atomic mass is 9.62. The molecule has 2 fully saturated rings. The molecule has 2 rings (SSSR count). The summed E-state index contributed by atoms with van der Waals surface area (Å²) in [6.45, 7) is 6.99. The molecule has 0 amide bonds. The Balaban J connectivity index is 1.55. The quantitative estimate of drug-likeness (QED) is 0.713. The number of hydrogen-bond acceptors (Lipinski definition) is 3. The number of nitrogens with zero attached hydrogens (tertiary/aromatic N) is 1. The molecule has 1 aliphatic heterocycles. The molecule has 1 heterocycles. The molecule has 16 heavy (non-hydrogen) atoms. The summed E-state index contributed by atoms with van der Waals surface area (Å²) in [4.78, 5) is 13.7. The molecule has 3 heteroatoms. The fraction of sp³-hybridized carbons (Fsp3) is 0.923. The van der Waals surface area contributed by atoms with Crippen molar-refractivity contribution < 1.29 is 9.53 Å². The van der Waals surface area contributed by atoms with Gasteiger partial charge < -0.3 is 9.64 Å². The van der Waals surface area contributed by atoms with Gasteiger partial charge in [0.2, 0.25) is 0 Å². The first-order chi connectivity index (χ1) is 7.51. The van der Waals surface area contributed by atoms with Crippen molar-refractivity contribution in [3.05, 3.63) is 0 Å². The fourth-order valence-electron chi connectivity index (χ4n) is 3.00. The van der Waals surface area contributed by atoms with Gasteiger partial charge in [0.15, 0.2) is 0 Å². The highest BCUT2D eigenvalue weighted by Crippen LogP contribution is 2.48. The maximum Gasteiger partial charge on any atom is 0.137 e. The molecule has 0 N–H and O–H groups in total. The van der Waals surface area contributed by atoms with Crippen LogP contribution in [0.25, 0.3) is 0 Å². The molecule has 0 radical (unpaired) electrons. The number of carbonyl (C=O) groups excluding carboxylic acids is 1. The van der Waals surface area contributed by atoms with Crippen LogP contribution in [0.1, 0.15) is 33.1 Å². The van der Waals surface area contributed by atoms with Crippen LogP contribution in [0.15, 0.2) is 0 Å². The van der Waals surface area contributed by atoms with Gasteiger partial charge in [0.25, 0.3) is 0 Å². The Kier molecular flexibility index (Phi) is 3.36. The minimum atomic E-state index is 0.150. The van der Waals surface area contributed by atoms with Crippen LogP contribution in [-0.2, 0) is 9.53 Å². The summed E-state index contributed by atoms with van der Waals surface area (Å²) in [6.07, 6.45) is 3.41. The largest absolute Gasteiger partial charge is 0.378 e. The first kappa shape index (κ1) is 12.1. The predicted molar refractivity (Wildman–Crippen MR) is 63.4 cm³/mol. The molecule has 2 aliphatic rings. The van der Waals surface area contributed by atoms with Gasteiger partial charge in [-0.3, -0.25) is 4.79 Å². The molecule has 1 saturated carbocycles. The molecule has 0 aromatic carbocycles. The Morgan fingerprint density at radius 2 is 2.06 bits per heavy atom. The number of Topliss-reactive ketones (excluding diaryl/α,β-unsaturated/α-hetero) is 1. The van der Waals surface area contributed by atoms with Crippen LogP contribution < -0.4 is 0 Å². The Labute approximate surface area is 98.1 Å². The highest BCUT2D eigenvalue weighted by Gasteiger charge is 2.51. The Morgan fingerprint density at radius 3 is 2.56 bits per heavy atom. The number of hydrogen-bond donors (Lipinski definition) is 0. The fourth-order valence-corrected chi connectivity index (χ4v) is 3.00. The van der Waals surface area contributed by atoms with E-state index in [0.717, 1.165) is 0 Å². The summed E-state index contributed by atoms with van der Waals surface area (Å²) in [7, 11) is 2.17. The normalized spacial score (nSPS) is 24.5. The molecule has 0 atom stereocenters. The zero-order chi connectivity index (χ0) is 11.8. The monoisotopic (exact) mass is 225 g/mol. The topological polar surface area (TPSA) is 29.5 Å². The van der Waals surface area contributed by atoms with Gasteiger partial charge in [-0.1, -0.05) is 13.8 Å². The third-order valence-corrected chi connectivity index (χ3v) is 3.88. The Morgan fingerprint density at radius 1 is 1.44 bits per heavy atom. The summed E-state index contributed by atoms with van der Waals surface area (Å²) in [5, 5.41) is 0. The van der Waals surface area contributed by atoms with Crippen LogP contribution >= 0.6 is 0 Å². The minimum Gasteiger partial charge on any atom is -0.378 e. The highest BCUT2D eigenvalue weighted by molar-refractivity contribution is 5.80. The second kappa shape index (κ2) is 4.46. The first-order valence-corrected chi connectivity index (χ1v) is 6.34. The van der Waals surface area contributed by atoms with Gasteiger partial charge in [0, 0.05) is 30.8 Å². The lowest BCUT2D eigenvalue weighted by molar-refractivity contribution is -0.147. The summed E-state index contributed by atoms with van der Waals surface area (Å²) in [6, 6.07) is 0. The van der Waals surface area contributed by atoms with Gasteiger partial charge in [0.05, 0.1) is 12.7 Å². The van der Waals surface area contributed by atoms with E-state index in [1.165, 1.54) is 25.9 Å². The van der Waals surface area contributed by atoms with Gasteiger partial charge in [-0.15, -0.1) is 0 Å². The predicted octanol–water partition coefficient (Wildman–Crippen LogP) is 1.71. The second-order valence-electron chi connectivity index (χ2n) is 5.94. The van der Waals surface area contributed by atoms with Crippen LogP contribution in [-0.4, -0.2) is 43.5 Å². The molecule has 0 unspecified atom stereocenters. The SMILES string of the molecule is CC(C)C(=O)CCOC1CC2(C1)CN(C)C2. The van der Waals surface area contributed by atoms with Crippen molar-refractivity contribution in [3.63, 3.8) is 0 Å². The van der Waals surface area contributed by atoms with Gasteiger partial charge in [-0.2, -0.15) is 0 Å². The molecule has 0 aromatic heterocycles. The maximum absolute atomic E-state index is 11.4. The van der Waals surface area contributed by atoms with Crippen LogP contribution in [0.5, 0.6) is 0 Å². The van der Waals surface area contributed by atoms with Crippen molar-refractivity contribution in [2.24, 2.45) is 11.3 Å². The molecule has 92 valence electrons. The standard InChI is InChI=1S/C13H23NO2/c1-10(2)12(15)4-5-16-11-6-13(7-11)8-14(3)9-13/h10-11H,4-9H2,1-3H3. The van der Waals surface area contributed by atoms with E-state index in [1.54, 1.807) is 0 Å².